The number of hydrogen-bond acceptors (Lipinski definition) is 3. The third-order valence-electron chi connectivity index (χ3n) is 3.11. The fourth-order valence-corrected chi connectivity index (χ4v) is 2.54. The summed E-state index contributed by atoms with van der Waals surface area (Å²) in [5.41, 5.74) is 0.770. The summed E-state index contributed by atoms with van der Waals surface area (Å²) in [5.74, 6) is -0.390. The molecule has 96 valence electrons. The van der Waals surface area contributed by atoms with Crippen LogP contribution in [0.15, 0.2) is 16.6 Å². The van der Waals surface area contributed by atoms with Crippen LogP contribution >= 0.6 is 15.9 Å². The van der Waals surface area contributed by atoms with Crippen molar-refractivity contribution in [3.05, 3.63) is 28.0 Å². The third kappa shape index (κ3) is 3.01. The molecule has 1 aromatic rings. The molecule has 0 aromatic heterocycles. The normalized spacial score (nSPS) is 19.9. The number of nitrogens with one attached hydrogen (secondary N) is 2. The minimum atomic E-state index is -0.390. The van der Waals surface area contributed by atoms with Gasteiger partial charge in [0.25, 0.3) is 0 Å². The molecule has 1 aromatic carbocycles. The van der Waals surface area contributed by atoms with Crippen LogP contribution in [0.2, 0.25) is 0 Å². The molecule has 1 fully saturated rings. The van der Waals surface area contributed by atoms with Crippen molar-refractivity contribution < 1.29 is 4.39 Å². The van der Waals surface area contributed by atoms with Crippen molar-refractivity contribution >= 4 is 21.6 Å². The number of halogens is 2. The monoisotopic (exact) mass is 311 g/mol. The fraction of sp³-hybridized carbons (Fsp3) is 0.462. The maximum absolute atomic E-state index is 14.0. The predicted octanol–water partition coefficient (Wildman–Crippen LogP) is 3.01. The Morgan fingerprint density at radius 2 is 2.28 bits per heavy atom. The highest BCUT2D eigenvalue weighted by molar-refractivity contribution is 9.10. The summed E-state index contributed by atoms with van der Waals surface area (Å²) < 4.78 is 14.3. The molecule has 0 spiro atoms. The van der Waals surface area contributed by atoms with Crippen LogP contribution in [0.25, 0.3) is 0 Å². The van der Waals surface area contributed by atoms with E-state index in [2.05, 4.69) is 26.6 Å². The fourth-order valence-electron chi connectivity index (χ4n) is 2.11. The number of anilines is 1. The minimum absolute atomic E-state index is 0.233. The van der Waals surface area contributed by atoms with Crippen molar-refractivity contribution in [1.29, 1.82) is 5.26 Å². The molecule has 0 bridgehead atoms. The van der Waals surface area contributed by atoms with Crippen molar-refractivity contribution in [2.75, 3.05) is 18.4 Å². The average molecular weight is 312 g/mol. The molecule has 0 amide bonds. The Kier molecular flexibility index (Phi) is 4.56. The van der Waals surface area contributed by atoms with E-state index in [9.17, 15) is 4.39 Å². The molecule has 3 nitrogen and oxygen atoms in total. The third-order valence-corrected chi connectivity index (χ3v) is 3.88. The Morgan fingerprint density at radius 1 is 1.44 bits per heavy atom. The van der Waals surface area contributed by atoms with E-state index in [1.807, 2.05) is 6.07 Å². The molecule has 0 aliphatic carbocycles. The first-order valence-corrected chi connectivity index (χ1v) is 6.87. The van der Waals surface area contributed by atoms with Crippen molar-refractivity contribution in [1.82, 2.24) is 5.32 Å². The molecular weight excluding hydrogens is 297 g/mol. The lowest BCUT2D eigenvalue weighted by molar-refractivity contribution is 0.602. The van der Waals surface area contributed by atoms with E-state index < -0.39 is 5.82 Å². The first-order chi connectivity index (χ1) is 8.72. The standard InChI is InChI=1S/C13H15BrFN3/c14-12-9(7-16)4-5-11(13(12)15)18-10-3-1-2-6-17-8-10/h4-5,10,17-18H,1-3,6,8H2. The van der Waals surface area contributed by atoms with Crippen LogP contribution < -0.4 is 10.6 Å². The van der Waals surface area contributed by atoms with E-state index in [0.717, 1.165) is 32.4 Å². The van der Waals surface area contributed by atoms with Crippen molar-refractivity contribution in [3.63, 3.8) is 0 Å². The van der Waals surface area contributed by atoms with Gasteiger partial charge < -0.3 is 10.6 Å². The zero-order valence-corrected chi connectivity index (χ0v) is 11.6. The van der Waals surface area contributed by atoms with Crippen LogP contribution in [0.4, 0.5) is 10.1 Å². The molecule has 1 atom stereocenters. The van der Waals surface area contributed by atoms with Gasteiger partial charge in [0.1, 0.15) is 6.07 Å². The summed E-state index contributed by atoms with van der Waals surface area (Å²) in [4.78, 5) is 0. The highest BCUT2D eigenvalue weighted by atomic mass is 79.9. The molecular formula is C13H15BrFN3. The minimum Gasteiger partial charge on any atom is -0.379 e. The van der Waals surface area contributed by atoms with Gasteiger partial charge in [0.05, 0.1) is 15.7 Å². The molecule has 1 heterocycles. The average Bonchev–Trinajstić information content (AvgIpc) is 2.64. The summed E-state index contributed by atoms with van der Waals surface area (Å²) in [6.07, 6.45) is 3.34. The second kappa shape index (κ2) is 6.17. The zero-order chi connectivity index (χ0) is 13.0. The lowest BCUT2D eigenvalue weighted by Crippen LogP contribution is -2.31. The van der Waals surface area contributed by atoms with E-state index in [-0.39, 0.29) is 10.5 Å². The van der Waals surface area contributed by atoms with Gasteiger partial charge in [-0.25, -0.2) is 4.39 Å². The zero-order valence-electron chi connectivity index (χ0n) is 9.97. The Hall–Kier alpha value is -1.12. The second-order valence-corrected chi connectivity index (χ2v) is 5.23. The topological polar surface area (TPSA) is 47.9 Å². The van der Waals surface area contributed by atoms with Gasteiger partial charge in [-0.2, -0.15) is 5.26 Å². The molecule has 1 aliphatic rings. The summed E-state index contributed by atoms with van der Waals surface area (Å²) >= 11 is 3.12. The largest absolute Gasteiger partial charge is 0.379 e. The highest BCUT2D eigenvalue weighted by Crippen LogP contribution is 2.27. The van der Waals surface area contributed by atoms with Gasteiger partial charge in [0.2, 0.25) is 0 Å². The molecule has 18 heavy (non-hydrogen) atoms. The molecule has 1 saturated heterocycles. The predicted molar refractivity (Wildman–Crippen MR) is 72.9 cm³/mol. The second-order valence-electron chi connectivity index (χ2n) is 4.44. The van der Waals surface area contributed by atoms with E-state index in [4.69, 9.17) is 5.26 Å². The smallest absolute Gasteiger partial charge is 0.161 e. The molecule has 1 unspecified atom stereocenters. The van der Waals surface area contributed by atoms with E-state index in [1.165, 1.54) is 0 Å². The number of nitrogens with zero attached hydrogens (tertiary/aromatic N) is 1. The summed E-state index contributed by atoms with van der Waals surface area (Å²) in [7, 11) is 0. The van der Waals surface area contributed by atoms with Crippen LogP contribution in [-0.2, 0) is 0 Å². The number of rotatable bonds is 2. The summed E-state index contributed by atoms with van der Waals surface area (Å²) in [6, 6.07) is 5.44. The Bertz CT molecular complexity index is 462. The van der Waals surface area contributed by atoms with Crippen LogP contribution in [0.5, 0.6) is 0 Å². The first kappa shape index (κ1) is 13.3. The van der Waals surface area contributed by atoms with E-state index in [0.29, 0.717) is 11.3 Å². The molecule has 0 saturated carbocycles. The van der Waals surface area contributed by atoms with Gasteiger partial charge in [-0.1, -0.05) is 6.42 Å². The molecule has 1 aliphatic heterocycles. The molecule has 0 radical (unpaired) electrons. The molecule has 5 heteroatoms. The van der Waals surface area contributed by atoms with Gasteiger partial charge in [-0.15, -0.1) is 0 Å². The number of hydrogen-bond donors (Lipinski definition) is 2. The number of nitriles is 1. The van der Waals surface area contributed by atoms with Gasteiger partial charge in [-0.05, 0) is 47.4 Å². The Balaban J connectivity index is 2.14. The summed E-state index contributed by atoms with van der Waals surface area (Å²) in [5, 5.41) is 15.3. The lowest BCUT2D eigenvalue weighted by Gasteiger charge is -2.18. The van der Waals surface area contributed by atoms with Crippen LogP contribution in [0.1, 0.15) is 24.8 Å². The van der Waals surface area contributed by atoms with Crippen molar-refractivity contribution in [2.45, 2.75) is 25.3 Å². The maximum Gasteiger partial charge on any atom is 0.161 e. The number of benzene rings is 1. The summed E-state index contributed by atoms with van der Waals surface area (Å²) in [6.45, 7) is 1.87. The van der Waals surface area contributed by atoms with Crippen molar-refractivity contribution in [2.24, 2.45) is 0 Å². The van der Waals surface area contributed by atoms with Gasteiger partial charge >= 0.3 is 0 Å². The van der Waals surface area contributed by atoms with Gasteiger partial charge in [0.15, 0.2) is 5.82 Å². The quantitative estimate of drug-likeness (QED) is 0.882. The lowest BCUT2D eigenvalue weighted by atomic mass is 10.1. The Morgan fingerprint density at radius 3 is 3.06 bits per heavy atom. The maximum atomic E-state index is 14.0. The van der Waals surface area contributed by atoms with Crippen LogP contribution in [0, 0.1) is 17.1 Å². The van der Waals surface area contributed by atoms with E-state index in [1.54, 1.807) is 12.1 Å². The van der Waals surface area contributed by atoms with Crippen LogP contribution in [0.3, 0.4) is 0 Å². The SMILES string of the molecule is N#Cc1ccc(NC2CCCCNC2)c(F)c1Br. The van der Waals surface area contributed by atoms with Crippen LogP contribution in [-0.4, -0.2) is 19.1 Å². The van der Waals surface area contributed by atoms with Crippen molar-refractivity contribution in [3.8, 4) is 6.07 Å². The first-order valence-electron chi connectivity index (χ1n) is 6.07. The van der Waals surface area contributed by atoms with Gasteiger partial charge in [-0.3, -0.25) is 0 Å². The Labute approximate surface area is 115 Å². The molecule has 2 N–H and O–H groups in total. The van der Waals surface area contributed by atoms with E-state index >= 15 is 0 Å². The molecule has 2 rings (SSSR count). The highest BCUT2D eigenvalue weighted by Gasteiger charge is 2.16. The van der Waals surface area contributed by atoms with Gasteiger partial charge in [0, 0.05) is 12.6 Å².